The molecule has 2 heterocycles. The van der Waals surface area contributed by atoms with Crippen LogP contribution in [0, 0.1) is 6.92 Å². The summed E-state index contributed by atoms with van der Waals surface area (Å²) in [5, 5.41) is 11.5. The molecule has 0 spiro atoms. The minimum Gasteiger partial charge on any atom is -0.465 e. The Balaban J connectivity index is 1.34. The summed E-state index contributed by atoms with van der Waals surface area (Å²) in [5.74, 6) is -0.648. The van der Waals surface area contributed by atoms with Crippen LogP contribution < -0.4 is 5.32 Å². The van der Waals surface area contributed by atoms with Gasteiger partial charge < -0.3 is 10.1 Å². The molecule has 3 aromatic carbocycles. The van der Waals surface area contributed by atoms with Crippen molar-refractivity contribution in [3.63, 3.8) is 0 Å². The van der Waals surface area contributed by atoms with E-state index in [2.05, 4.69) is 20.5 Å². The number of hydrogen-bond donors (Lipinski definition) is 2. The summed E-state index contributed by atoms with van der Waals surface area (Å²) in [7, 11) is 1.34. The van der Waals surface area contributed by atoms with E-state index in [1.807, 2.05) is 73.7 Å². The predicted molar refractivity (Wildman–Crippen MR) is 150 cm³/mol. The minimum absolute atomic E-state index is 0.230. The van der Waals surface area contributed by atoms with Gasteiger partial charge in [0.2, 0.25) is 0 Å². The van der Waals surface area contributed by atoms with Crippen LogP contribution in [0.3, 0.4) is 0 Å². The predicted octanol–water partition coefficient (Wildman–Crippen LogP) is 6.63. The van der Waals surface area contributed by atoms with Crippen molar-refractivity contribution in [3.05, 3.63) is 113 Å². The van der Waals surface area contributed by atoms with E-state index in [1.165, 1.54) is 18.9 Å². The Hall–Kier alpha value is -4.69. The molecule has 2 N–H and O–H groups in total. The van der Waals surface area contributed by atoms with Gasteiger partial charge in [-0.05, 0) is 85.3 Å². The first kappa shape index (κ1) is 25.0. The summed E-state index contributed by atoms with van der Waals surface area (Å²) in [6, 6.07) is 24.3. The minimum atomic E-state index is -0.418. The fourth-order valence-corrected chi connectivity index (χ4v) is 4.94. The standard InChI is InChI=1S/C30H24N4O3S/c1-19-17-20(30(36)37-2)10-14-25(19)32-29(35)24-8-3-4-9-28(24)38-22-12-13-23-26(33-34-27(23)18-22)15-11-21-7-5-6-16-31-21/h3-18H,1-2H3,(H,32,35)(H,33,34)/b15-11+. The number of nitrogens with one attached hydrogen (secondary N) is 2. The highest BCUT2D eigenvalue weighted by molar-refractivity contribution is 7.99. The van der Waals surface area contributed by atoms with Gasteiger partial charge in [-0.1, -0.05) is 30.0 Å². The van der Waals surface area contributed by atoms with E-state index in [1.54, 1.807) is 30.5 Å². The molecule has 188 valence electrons. The molecule has 0 aliphatic heterocycles. The summed E-state index contributed by atoms with van der Waals surface area (Å²) in [4.78, 5) is 31.1. The van der Waals surface area contributed by atoms with Crippen molar-refractivity contribution < 1.29 is 14.3 Å². The van der Waals surface area contributed by atoms with E-state index < -0.39 is 5.97 Å². The van der Waals surface area contributed by atoms with E-state index in [0.717, 1.165) is 37.6 Å². The highest BCUT2D eigenvalue weighted by atomic mass is 32.2. The lowest BCUT2D eigenvalue weighted by Gasteiger charge is -2.12. The molecular formula is C30H24N4O3S. The number of anilines is 1. The number of fused-ring (bicyclic) bond motifs is 1. The van der Waals surface area contributed by atoms with Gasteiger partial charge in [0.05, 0.1) is 35.1 Å². The summed E-state index contributed by atoms with van der Waals surface area (Å²) < 4.78 is 4.77. The smallest absolute Gasteiger partial charge is 0.337 e. The molecule has 7 nitrogen and oxygen atoms in total. The Kier molecular flexibility index (Phi) is 7.33. The Morgan fingerprint density at radius 3 is 2.61 bits per heavy atom. The van der Waals surface area contributed by atoms with Crippen molar-refractivity contribution in [2.24, 2.45) is 0 Å². The van der Waals surface area contributed by atoms with Crippen LogP contribution in [0.5, 0.6) is 0 Å². The number of rotatable bonds is 7. The maximum absolute atomic E-state index is 13.2. The lowest BCUT2D eigenvalue weighted by atomic mass is 10.1. The lowest BCUT2D eigenvalue weighted by molar-refractivity contribution is 0.0600. The number of ether oxygens (including phenoxy) is 1. The molecule has 5 aromatic rings. The molecule has 5 rings (SSSR count). The number of aromatic nitrogens is 3. The third kappa shape index (κ3) is 5.50. The van der Waals surface area contributed by atoms with E-state index in [4.69, 9.17) is 4.74 Å². The second kappa shape index (κ2) is 11.1. The van der Waals surface area contributed by atoms with Crippen LogP contribution in [0.4, 0.5) is 5.69 Å². The zero-order valence-corrected chi connectivity index (χ0v) is 21.6. The molecule has 0 fully saturated rings. The molecule has 1 amide bonds. The van der Waals surface area contributed by atoms with Gasteiger partial charge in [-0.15, -0.1) is 0 Å². The van der Waals surface area contributed by atoms with Gasteiger partial charge in [0.1, 0.15) is 0 Å². The zero-order valence-electron chi connectivity index (χ0n) is 20.8. The van der Waals surface area contributed by atoms with E-state index in [0.29, 0.717) is 16.8 Å². The number of aromatic amines is 1. The number of esters is 1. The Morgan fingerprint density at radius 1 is 0.974 bits per heavy atom. The van der Waals surface area contributed by atoms with Gasteiger partial charge in [-0.25, -0.2) is 4.79 Å². The molecule has 0 bridgehead atoms. The highest BCUT2D eigenvalue weighted by Crippen LogP contribution is 2.33. The molecule has 8 heteroatoms. The number of amides is 1. The van der Waals surface area contributed by atoms with Gasteiger partial charge in [-0.2, -0.15) is 5.10 Å². The second-order valence-electron chi connectivity index (χ2n) is 8.48. The van der Waals surface area contributed by atoms with Gasteiger partial charge in [-0.3, -0.25) is 14.9 Å². The molecule has 0 aliphatic rings. The number of carbonyl (C=O) groups excluding carboxylic acids is 2. The first-order valence-electron chi connectivity index (χ1n) is 11.9. The third-order valence-electron chi connectivity index (χ3n) is 5.92. The average Bonchev–Trinajstić information content (AvgIpc) is 3.35. The van der Waals surface area contributed by atoms with Crippen molar-refractivity contribution in [1.29, 1.82) is 0 Å². The topological polar surface area (TPSA) is 97.0 Å². The number of carbonyl (C=O) groups is 2. The van der Waals surface area contributed by atoms with Crippen molar-refractivity contribution in [1.82, 2.24) is 15.2 Å². The maximum atomic E-state index is 13.2. The first-order chi connectivity index (χ1) is 18.5. The number of benzene rings is 3. The largest absolute Gasteiger partial charge is 0.465 e. The second-order valence-corrected chi connectivity index (χ2v) is 9.59. The normalized spacial score (nSPS) is 11.1. The Labute approximate surface area is 224 Å². The van der Waals surface area contributed by atoms with Gasteiger partial charge in [0.15, 0.2) is 0 Å². The molecule has 0 atom stereocenters. The Bertz CT molecular complexity index is 1660. The quantitative estimate of drug-likeness (QED) is 0.234. The molecule has 38 heavy (non-hydrogen) atoms. The molecule has 2 aromatic heterocycles. The van der Waals surface area contributed by atoms with Crippen LogP contribution in [0.1, 0.15) is 37.7 Å². The SMILES string of the molecule is COC(=O)c1ccc(NC(=O)c2ccccc2Sc2ccc3c(/C=C/c4ccccn4)n[nH]c3c2)c(C)c1. The number of pyridine rings is 1. The fourth-order valence-electron chi connectivity index (χ4n) is 3.96. The highest BCUT2D eigenvalue weighted by Gasteiger charge is 2.15. The summed E-state index contributed by atoms with van der Waals surface area (Å²) in [6.45, 7) is 1.84. The van der Waals surface area contributed by atoms with Crippen LogP contribution >= 0.6 is 11.8 Å². The van der Waals surface area contributed by atoms with Gasteiger partial charge in [0, 0.05) is 27.1 Å². The van der Waals surface area contributed by atoms with Crippen molar-refractivity contribution in [2.75, 3.05) is 12.4 Å². The average molecular weight is 521 g/mol. The van der Waals surface area contributed by atoms with E-state index >= 15 is 0 Å². The monoisotopic (exact) mass is 520 g/mol. The van der Waals surface area contributed by atoms with Crippen LogP contribution in [0.2, 0.25) is 0 Å². The molecule has 0 aliphatic carbocycles. The fraction of sp³-hybridized carbons (Fsp3) is 0.0667. The molecule has 0 unspecified atom stereocenters. The summed E-state index contributed by atoms with van der Waals surface area (Å²) in [6.07, 6.45) is 5.62. The Morgan fingerprint density at radius 2 is 1.82 bits per heavy atom. The van der Waals surface area contributed by atoms with E-state index in [9.17, 15) is 9.59 Å². The molecular weight excluding hydrogens is 496 g/mol. The summed E-state index contributed by atoms with van der Waals surface area (Å²) >= 11 is 1.50. The molecule has 0 saturated heterocycles. The number of hydrogen-bond acceptors (Lipinski definition) is 6. The molecule has 0 radical (unpaired) electrons. The third-order valence-corrected chi connectivity index (χ3v) is 6.98. The van der Waals surface area contributed by atoms with Gasteiger partial charge >= 0.3 is 5.97 Å². The number of H-pyrrole nitrogens is 1. The first-order valence-corrected chi connectivity index (χ1v) is 12.7. The van der Waals surface area contributed by atoms with Crippen LogP contribution in [0.25, 0.3) is 23.1 Å². The van der Waals surface area contributed by atoms with Crippen molar-refractivity contribution in [3.8, 4) is 0 Å². The van der Waals surface area contributed by atoms with Crippen LogP contribution in [-0.4, -0.2) is 34.2 Å². The van der Waals surface area contributed by atoms with Gasteiger partial charge in [0.25, 0.3) is 5.91 Å². The van der Waals surface area contributed by atoms with Crippen molar-refractivity contribution in [2.45, 2.75) is 16.7 Å². The maximum Gasteiger partial charge on any atom is 0.337 e. The number of methoxy groups -OCH3 is 1. The number of nitrogens with zero attached hydrogens (tertiary/aromatic N) is 2. The van der Waals surface area contributed by atoms with E-state index in [-0.39, 0.29) is 5.91 Å². The van der Waals surface area contributed by atoms with Crippen LogP contribution in [0.15, 0.2) is 94.9 Å². The molecule has 0 saturated carbocycles. The lowest BCUT2D eigenvalue weighted by Crippen LogP contribution is -2.14. The summed E-state index contributed by atoms with van der Waals surface area (Å²) in [5.41, 5.74) is 4.98. The van der Waals surface area contributed by atoms with Crippen molar-refractivity contribution >= 4 is 52.4 Å². The zero-order chi connectivity index (χ0) is 26.5. The van der Waals surface area contributed by atoms with Crippen LogP contribution in [-0.2, 0) is 4.74 Å². The number of aryl methyl sites for hydroxylation is 1.